The number of nitrogens with zero attached hydrogens (tertiary/aromatic N) is 2. The van der Waals surface area contributed by atoms with Crippen LogP contribution in [0.25, 0.3) is 17.0 Å². The van der Waals surface area contributed by atoms with E-state index in [1.807, 2.05) is 74.5 Å². The van der Waals surface area contributed by atoms with E-state index in [-0.39, 0.29) is 17.1 Å². The molecule has 3 rings (SSSR count). The summed E-state index contributed by atoms with van der Waals surface area (Å²) in [6.07, 6.45) is 3.38. The summed E-state index contributed by atoms with van der Waals surface area (Å²) in [5, 5.41) is 7.09. The first-order valence-electron chi connectivity index (χ1n) is 12.9. The van der Waals surface area contributed by atoms with Crippen molar-refractivity contribution in [3.05, 3.63) is 78.5 Å². The molecule has 0 aliphatic carbocycles. The van der Waals surface area contributed by atoms with Crippen LogP contribution in [0.4, 0.5) is 5.69 Å². The smallest absolute Gasteiger partial charge is 0.312 e. The number of amides is 1. The lowest BCUT2D eigenvalue weighted by Crippen LogP contribution is -2.43. The maximum absolute atomic E-state index is 12.8. The molecule has 0 aliphatic heterocycles. The number of aromatic nitrogens is 1. The molecule has 2 atom stereocenters. The maximum atomic E-state index is 12.8. The molecule has 0 saturated carbocycles. The number of hydrogen-bond acceptors (Lipinski definition) is 6. The van der Waals surface area contributed by atoms with E-state index in [1.165, 1.54) is 6.08 Å². The molecule has 218 valence electrons. The van der Waals surface area contributed by atoms with Crippen LogP contribution in [0.1, 0.15) is 40.2 Å². The quantitative estimate of drug-likeness (QED) is 0.0655. The van der Waals surface area contributed by atoms with E-state index in [2.05, 4.69) is 20.6 Å². The zero-order valence-electron chi connectivity index (χ0n) is 23.4. The Labute approximate surface area is 260 Å². The Balaban J connectivity index is 1.98. The molecule has 41 heavy (non-hydrogen) atoms. The molecule has 1 amide bonds. The average molecular weight is 636 g/mol. The Hall–Kier alpha value is -2.78. The number of thioether (sulfide) groups is 1. The summed E-state index contributed by atoms with van der Waals surface area (Å²) in [6.45, 7) is 9.19. The van der Waals surface area contributed by atoms with Gasteiger partial charge >= 0.3 is 5.97 Å². The molecule has 1 heterocycles. The number of aliphatic imine (C=N–C) groups is 1. The standard InChI is InChI=1S/C30H33Cl3N4O3S/c1-19(2)25(40-27(39)29(3,4)5)41-28(35-22-15-9-13-21-14-10-18-34-24(21)22)37-26(30(31,32)33)36-23(38)17-16-20-11-7-6-8-12-20/h6-19,25-26H,1-5H3,(H,35,37)(H,36,38)/b17-16+. The van der Waals surface area contributed by atoms with Crippen LogP contribution >= 0.6 is 46.6 Å². The Morgan fingerprint density at radius 2 is 1.68 bits per heavy atom. The Morgan fingerprint density at radius 1 is 1.00 bits per heavy atom. The number of rotatable bonds is 8. The second-order valence-electron chi connectivity index (χ2n) is 10.5. The number of halogens is 3. The summed E-state index contributed by atoms with van der Waals surface area (Å²) in [7, 11) is 0. The van der Waals surface area contributed by atoms with Crippen molar-refractivity contribution in [3.63, 3.8) is 0 Å². The van der Waals surface area contributed by atoms with Gasteiger partial charge in [0.2, 0.25) is 9.70 Å². The van der Waals surface area contributed by atoms with Crippen LogP contribution in [0.3, 0.4) is 0 Å². The maximum Gasteiger partial charge on any atom is 0.312 e. The number of para-hydroxylation sites is 1. The van der Waals surface area contributed by atoms with Crippen molar-refractivity contribution < 1.29 is 14.3 Å². The minimum atomic E-state index is -2.00. The number of alkyl halides is 3. The number of nitrogens with one attached hydrogen (secondary N) is 2. The lowest BCUT2D eigenvalue weighted by Gasteiger charge is -2.27. The lowest BCUT2D eigenvalue weighted by molar-refractivity contribution is -0.155. The van der Waals surface area contributed by atoms with E-state index in [1.54, 1.807) is 33.0 Å². The van der Waals surface area contributed by atoms with Crippen LogP contribution in [-0.2, 0) is 14.3 Å². The SMILES string of the molecule is CC(C)C(OC(=O)C(C)(C)C)SC(=NC(NC(=O)/C=C/c1ccccc1)C(Cl)(Cl)Cl)Nc1cccc2cccnc12. The van der Waals surface area contributed by atoms with E-state index < -0.39 is 26.7 Å². The lowest BCUT2D eigenvalue weighted by atomic mass is 9.97. The zero-order valence-corrected chi connectivity index (χ0v) is 26.5. The number of benzene rings is 2. The summed E-state index contributed by atoms with van der Waals surface area (Å²) in [6, 6.07) is 18.7. The second kappa shape index (κ2) is 14.4. The summed E-state index contributed by atoms with van der Waals surface area (Å²) < 4.78 is 3.85. The molecule has 0 bridgehead atoms. The van der Waals surface area contributed by atoms with Gasteiger partial charge in [-0.3, -0.25) is 14.6 Å². The van der Waals surface area contributed by atoms with E-state index in [4.69, 9.17) is 39.5 Å². The molecule has 0 spiro atoms. The highest BCUT2D eigenvalue weighted by Gasteiger charge is 2.35. The van der Waals surface area contributed by atoms with Crippen molar-refractivity contribution in [3.8, 4) is 0 Å². The number of carbonyl (C=O) groups is 2. The molecule has 0 radical (unpaired) electrons. The first-order valence-corrected chi connectivity index (χ1v) is 14.9. The number of pyridine rings is 1. The van der Waals surface area contributed by atoms with Gasteiger partial charge in [0, 0.05) is 23.6 Å². The van der Waals surface area contributed by atoms with Gasteiger partial charge in [-0.2, -0.15) is 0 Å². The Bertz CT molecular complexity index is 1400. The van der Waals surface area contributed by atoms with Crippen LogP contribution in [0.5, 0.6) is 0 Å². The third-order valence-electron chi connectivity index (χ3n) is 5.54. The third kappa shape index (κ3) is 10.2. The number of anilines is 1. The van der Waals surface area contributed by atoms with Gasteiger partial charge in [-0.05, 0) is 56.3 Å². The number of ether oxygens (including phenoxy) is 1. The molecule has 1 aromatic heterocycles. The van der Waals surface area contributed by atoms with Gasteiger partial charge in [-0.25, -0.2) is 4.99 Å². The monoisotopic (exact) mass is 634 g/mol. The molecule has 2 aromatic carbocycles. The van der Waals surface area contributed by atoms with Gasteiger partial charge in [0.25, 0.3) is 0 Å². The summed E-state index contributed by atoms with van der Waals surface area (Å²) in [4.78, 5) is 34.7. The van der Waals surface area contributed by atoms with Gasteiger partial charge in [-0.1, -0.05) is 97.2 Å². The largest absolute Gasteiger partial charge is 0.450 e. The highest BCUT2D eigenvalue weighted by molar-refractivity contribution is 8.14. The van der Waals surface area contributed by atoms with Crippen LogP contribution < -0.4 is 10.6 Å². The van der Waals surface area contributed by atoms with Crippen molar-refractivity contribution in [2.24, 2.45) is 16.3 Å². The fourth-order valence-electron chi connectivity index (χ4n) is 3.32. The van der Waals surface area contributed by atoms with Crippen LogP contribution in [-0.4, -0.2) is 37.4 Å². The van der Waals surface area contributed by atoms with E-state index in [9.17, 15) is 9.59 Å². The normalized spacial score (nSPS) is 14.2. The fourth-order valence-corrected chi connectivity index (χ4v) is 4.60. The van der Waals surface area contributed by atoms with Crippen molar-refractivity contribution in [2.75, 3.05) is 5.32 Å². The summed E-state index contributed by atoms with van der Waals surface area (Å²) in [5.74, 6) is -0.976. The van der Waals surface area contributed by atoms with Crippen LogP contribution in [0.15, 0.2) is 77.9 Å². The molecular weight excluding hydrogens is 603 g/mol. The van der Waals surface area contributed by atoms with Gasteiger partial charge in [-0.15, -0.1) is 0 Å². The van der Waals surface area contributed by atoms with Gasteiger partial charge < -0.3 is 15.4 Å². The highest BCUT2D eigenvalue weighted by Crippen LogP contribution is 2.34. The molecule has 2 N–H and O–H groups in total. The minimum absolute atomic E-state index is 0.0986. The van der Waals surface area contributed by atoms with Crippen LogP contribution in [0.2, 0.25) is 0 Å². The van der Waals surface area contributed by atoms with Gasteiger partial charge in [0.1, 0.15) is 0 Å². The number of hydrogen-bond donors (Lipinski definition) is 2. The molecular formula is C30H33Cl3N4O3S. The van der Waals surface area contributed by atoms with E-state index >= 15 is 0 Å². The topological polar surface area (TPSA) is 92.7 Å². The predicted octanol–water partition coefficient (Wildman–Crippen LogP) is 7.83. The van der Waals surface area contributed by atoms with Gasteiger partial charge in [0.05, 0.1) is 16.6 Å². The zero-order chi connectivity index (χ0) is 30.2. The first-order chi connectivity index (χ1) is 19.2. The average Bonchev–Trinajstić information content (AvgIpc) is 2.90. The molecule has 0 saturated heterocycles. The van der Waals surface area contributed by atoms with Crippen molar-refractivity contribution in [1.82, 2.24) is 10.3 Å². The molecule has 3 aromatic rings. The third-order valence-corrected chi connectivity index (χ3v) is 7.47. The number of amidine groups is 1. The first kappa shape index (κ1) is 32.7. The number of esters is 1. The van der Waals surface area contributed by atoms with Crippen LogP contribution in [0, 0.1) is 11.3 Å². The number of fused-ring (bicyclic) bond motifs is 1. The van der Waals surface area contributed by atoms with Gasteiger partial charge in [0.15, 0.2) is 16.8 Å². The molecule has 11 heteroatoms. The Morgan fingerprint density at radius 3 is 2.32 bits per heavy atom. The molecule has 7 nitrogen and oxygen atoms in total. The molecule has 0 fully saturated rings. The number of carbonyl (C=O) groups excluding carboxylic acids is 2. The summed E-state index contributed by atoms with van der Waals surface area (Å²) in [5.41, 5.74) is 0.810. The minimum Gasteiger partial charge on any atom is -0.450 e. The Kier molecular flexibility index (Phi) is 11.5. The predicted molar refractivity (Wildman–Crippen MR) is 172 cm³/mol. The van der Waals surface area contributed by atoms with E-state index in [0.717, 1.165) is 22.7 Å². The molecule has 0 aliphatic rings. The molecule has 2 unspecified atom stereocenters. The second-order valence-corrected chi connectivity index (χ2v) is 14.0. The summed E-state index contributed by atoms with van der Waals surface area (Å²) >= 11 is 20.0. The van der Waals surface area contributed by atoms with E-state index in [0.29, 0.717) is 11.2 Å². The fraction of sp³-hybridized carbons (Fsp3) is 0.333. The van der Waals surface area contributed by atoms with Crippen molar-refractivity contribution >= 4 is 86.3 Å². The highest BCUT2D eigenvalue weighted by atomic mass is 35.6. The van der Waals surface area contributed by atoms with Crippen molar-refractivity contribution in [2.45, 2.75) is 50.0 Å². The van der Waals surface area contributed by atoms with Crippen molar-refractivity contribution in [1.29, 1.82) is 0 Å².